The Morgan fingerprint density at radius 1 is 0.750 bits per heavy atom. The van der Waals surface area contributed by atoms with Crippen molar-refractivity contribution in [1.82, 2.24) is 0 Å². The van der Waals surface area contributed by atoms with Crippen LogP contribution in [0.2, 0.25) is 0 Å². The van der Waals surface area contributed by atoms with Crippen LogP contribution in [-0.2, 0) is 23.7 Å². The summed E-state index contributed by atoms with van der Waals surface area (Å²) >= 11 is 0. The second kappa shape index (κ2) is 7.94. The molecule has 6 aliphatic rings. The van der Waals surface area contributed by atoms with Crippen molar-refractivity contribution in [3.8, 4) is 0 Å². The van der Waals surface area contributed by atoms with Gasteiger partial charge in [-0.25, -0.2) is 0 Å². The fourth-order valence-corrected chi connectivity index (χ4v) is 5.63. The predicted molar refractivity (Wildman–Crippen MR) is 102 cm³/mol. The first-order valence-electron chi connectivity index (χ1n) is 11.3. The van der Waals surface area contributed by atoms with E-state index in [9.17, 15) is 4.79 Å². The number of hydrogen-bond donors (Lipinski definition) is 1. The molecule has 6 heteroatoms. The molecule has 6 nitrogen and oxygen atoms in total. The molecule has 2 bridgehead atoms. The highest BCUT2D eigenvalue weighted by Gasteiger charge is 2.45. The molecular weight excluding hydrogens is 358 g/mol. The fraction of sp³-hybridized carbons (Fsp3) is 0.909. The Balaban J connectivity index is 0.962. The quantitative estimate of drug-likeness (QED) is 0.325. The molecule has 28 heavy (non-hydrogen) atoms. The Kier molecular flexibility index (Phi) is 5.35. The summed E-state index contributed by atoms with van der Waals surface area (Å²) in [5.41, 5.74) is 0. The first kappa shape index (κ1) is 18.9. The summed E-state index contributed by atoms with van der Waals surface area (Å²) in [6.45, 7) is 1.24. The third-order valence-corrected chi connectivity index (χ3v) is 7.62. The van der Waals surface area contributed by atoms with Crippen LogP contribution in [-0.4, -0.2) is 49.5 Å². The summed E-state index contributed by atoms with van der Waals surface area (Å²) in [7, 11) is 0. The average molecular weight is 392 g/mol. The number of nitrogens with one attached hydrogen (secondary N) is 1. The fourth-order valence-electron chi connectivity index (χ4n) is 5.63. The van der Waals surface area contributed by atoms with Gasteiger partial charge in [0.05, 0.1) is 43.5 Å². The first-order valence-corrected chi connectivity index (χ1v) is 11.3. The van der Waals surface area contributed by atoms with E-state index in [-0.39, 0.29) is 17.8 Å². The molecule has 3 saturated heterocycles. The summed E-state index contributed by atoms with van der Waals surface area (Å²) in [6.07, 6.45) is 11.8. The minimum absolute atomic E-state index is 0.00809. The maximum absolute atomic E-state index is 12.3. The molecule has 156 valence electrons. The van der Waals surface area contributed by atoms with Crippen molar-refractivity contribution in [1.29, 1.82) is 5.41 Å². The number of carbonyl (C=O) groups is 1. The van der Waals surface area contributed by atoms with Crippen molar-refractivity contribution in [3.63, 3.8) is 0 Å². The van der Waals surface area contributed by atoms with Gasteiger partial charge < -0.3 is 18.9 Å². The molecule has 0 radical (unpaired) electrons. The van der Waals surface area contributed by atoms with E-state index in [2.05, 4.69) is 0 Å². The topological polar surface area (TPSA) is 81.1 Å². The molecule has 3 aliphatic heterocycles. The summed E-state index contributed by atoms with van der Waals surface area (Å²) in [5.74, 6) is 1.80. The lowest BCUT2D eigenvalue weighted by molar-refractivity contribution is -0.189. The van der Waals surface area contributed by atoms with Gasteiger partial charge in [-0.1, -0.05) is 0 Å². The Bertz CT molecular complexity index is 554. The molecule has 0 amide bonds. The molecule has 6 rings (SSSR count). The lowest BCUT2D eigenvalue weighted by Gasteiger charge is -2.44. The van der Waals surface area contributed by atoms with Gasteiger partial charge in [0.25, 0.3) is 0 Å². The van der Waals surface area contributed by atoms with Crippen LogP contribution >= 0.6 is 0 Å². The van der Waals surface area contributed by atoms with Crippen molar-refractivity contribution in [3.05, 3.63) is 0 Å². The number of hydrogen-bond acceptors (Lipinski definition) is 6. The lowest BCUT2D eigenvalue weighted by atomic mass is 9.80. The van der Waals surface area contributed by atoms with Crippen molar-refractivity contribution >= 4 is 11.9 Å². The van der Waals surface area contributed by atoms with E-state index in [1.807, 2.05) is 0 Å². The van der Waals surface area contributed by atoms with Crippen LogP contribution in [0.4, 0.5) is 0 Å². The highest BCUT2D eigenvalue weighted by atomic mass is 16.6. The van der Waals surface area contributed by atoms with E-state index >= 15 is 0 Å². The largest absolute Gasteiger partial charge is 0.481 e. The number of ether oxygens (including phenoxy) is 4. The van der Waals surface area contributed by atoms with Gasteiger partial charge in [0.2, 0.25) is 0 Å². The average Bonchev–Trinajstić information content (AvgIpc) is 3.49. The second-order valence-electron chi connectivity index (χ2n) is 9.70. The molecule has 6 fully saturated rings. The molecule has 0 aromatic carbocycles. The third kappa shape index (κ3) is 4.23. The van der Waals surface area contributed by atoms with Gasteiger partial charge in [0.1, 0.15) is 0 Å². The summed E-state index contributed by atoms with van der Waals surface area (Å²) in [6, 6.07) is 0. The van der Waals surface area contributed by atoms with Crippen LogP contribution in [0.5, 0.6) is 0 Å². The maximum Gasteiger partial charge on any atom is 0.309 e. The van der Waals surface area contributed by atoms with E-state index < -0.39 is 0 Å². The van der Waals surface area contributed by atoms with Gasteiger partial charge >= 0.3 is 5.97 Å². The SMILES string of the molecule is N=C(OCC1CCC(COC(=O)C2CC3CC(C2)O3)CC1)C1CCC2OC2C1. The standard InChI is InChI=1S/C22H33NO5/c23-21(15-5-6-19-20(9-15)28-19)25-11-13-1-3-14(4-2-13)12-26-22(24)16-7-17-10-18(8-16)27-17/h13-20,23H,1-12H2. The van der Waals surface area contributed by atoms with Crippen LogP contribution in [0.25, 0.3) is 0 Å². The minimum atomic E-state index is -0.00809. The monoisotopic (exact) mass is 391 g/mol. The normalized spacial score (nSPS) is 44.0. The van der Waals surface area contributed by atoms with Gasteiger partial charge in [0, 0.05) is 5.92 Å². The molecule has 3 saturated carbocycles. The molecule has 1 N–H and O–H groups in total. The van der Waals surface area contributed by atoms with Gasteiger partial charge in [-0.3, -0.25) is 10.2 Å². The molecule has 5 unspecified atom stereocenters. The molecule has 3 aliphatic carbocycles. The Hall–Kier alpha value is -1.14. The number of esters is 1. The zero-order valence-corrected chi connectivity index (χ0v) is 16.6. The Morgan fingerprint density at radius 3 is 2.04 bits per heavy atom. The van der Waals surface area contributed by atoms with E-state index in [0.29, 0.717) is 55.4 Å². The van der Waals surface area contributed by atoms with Crippen molar-refractivity contribution in [2.75, 3.05) is 13.2 Å². The summed E-state index contributed by atoms with van der Waals surface area (Å²) in [5, 5.41) is 8.23. The van der Waals surface area contributed by atoms with Crippen LogP contribution in [0.3, 0.4) is 0 Å². The highest BCUT2D eigenvalue weighted by Crippen LogP contribution is 2.40. The minimum Gasteiger partial charge on any atom is -0.481 e. The molecule has 5 atom stereocenters. The van der Waals surface area contributed by atoms with Crippen LogP contribution in [0.1, 0.15) is 64.2 Å². The molecule has 0 aromatic heterocycles. The second-order valence-corrected chi connectivity index (χ2v) is 9.70. The summed E-state index contributed by atoms with van der Waals surface area (Å²) < 4.78 is 22.7. The molecular formula is C22H33NO5. The van der Waals surface area contributed by atoms with E-state index in [0.717, 1.165) is 64.2 Å². The lowest BCUT2D eigenvalue weighted by Crippen LogP contribution is -2.47. The van der Waals surface area contributed by atoms with E-state index in [1.165, 1.54) is 0 Å². The zero-order chi connectivity index (χ0) is 19.1. The number of fused-ring (bicyclic) bond motifs is 3. The third-order valence-electron chi connectivity index (χ3n) is 7.62. The van der Waals surface area contributed by atoms with Crippen molar-refractivity contribution in [2.24, 2.45) is 23.7 Å². The number of carbonyl (C=O) groups excluding carboxylic acids is 1. The Labute approximate surface area is 167 Å². The summed E-state index contributed by atoms with van der Waals surface area (Å²) in [4.78, 5) is 12.3. The van der Waals surface area contributed by atoms with Crippen LogP contribution in [0, 0.1) is 29.1 Å². The Morgan fingerprint density at radius 2 is 1.39 bits per heavy atom. The van der Waals surface area contributed by atoms with E-state index in [1.54, 1.807) is 0 Å². The highest BCUT2D eigenvalue weighted by molar-refractivity contribution is 5.75. The molecule has 3 heterocycles. The van der Waals surface area contributed by atoms with Crippen LogP contribution < -0.4 is 0 Å². The van der Waals surface area contributed by atoms with Gasteiger partial charge in [-0.15, -0.1) is 0 Å². The predicted octanol–water partition coefficient (Wildman–Crippen LogP) is 3.46. The van der Waals surface area contributed by atoms with Gasteiger partial charge in [-0.05, 0) is 76.0 Å². The van der Waals surface area contributed by atoms with Gasteiger partial charge in [-0.2, -0.15) is 0 Å². The molecule has 0 spiro atoms. The van der Waals surface area contributed by atoms with Crippen molar-refractivity contribution in [2.45, 2.75) is 88.6 Å². The van der Waals surface area contributed by atoms with Crippen molar-refractivity contribution < 1.29 is 23.7 Å². The van der Waals surface area contributed by atoms with Crippen LogP contribution in [0.15, 0.2) is 0 Å². The van der Waals surface area contributed by atoms with E-state index in [4.69, 9.17) is 24.4 Å². The number of epoxide rings is 1. The first-order chi connectivity index (χ1) is 13.6. The smallest absolute Gasteiger partial charge is 0.309 e. The maximum atomic E-state index is 12.3. The number of rotatable bonds is 6. The van der Waals surface area contributed by atoms with Gasteiger partial charge in [0.15, 0.2) is 5.90 Å². The molecule has 0 aromatic rings. The zero-order valence-electron chi connectivity index (χ0n) is 16.6.